The van der Waals surface area contributed by atoms with Gasteiger partial charge in [0.05, 0.1) is 19.0 Å². The number of rotatable bonds is 5. The molecule has 0 saturated carbocycles. The molecule has 3 rings (SSSR count). The highest BCUT2D eigenvalue weighted by Gasteiger charge is 2.26. The molecule has 31 heavy (non-hydrogen) atoms. The Hall–Kier alpha value is -3.39. The van der Waals surface area contributed by atoms with Gasteiger partial charge in [0.1, 0.15) is 0 Å². The summed E-state index contributed by atoms with van der Waals surface area (Å²) in [5.41, 5.74) is 4.13. The Balaban J connectivity index is 1.70. The van der Waals surface area contributed by atoms with E-state index in [4.69, 9.17) is 4.74 Å². The number of hydrogen-bond acceptors (Lipinski definition) is 5. The van der Waals surface area contributed by atoms with Crippen LogP contribution in [0.3, 0.4) is 0 Å². The van der Waals surface area contributed by atoms with Gasteiger partial charge in [-0.25, -0.2) is 9.59 Å². The van der Waals surface area contributed by atoms with Gasteiger partial charge < -0.3 is 20.3 Å². The van der Waals surface area contributed by atoms with Crippen molar-refractivity contribution in [2.75, 3.05) is 43.9 Å². The molecular formula is C23H29N5O3. The molecule has 164 valence electrons. The van der Waals surface area contributed by atoms with Crippen molar-refractivity contribution in [3.05, 3.63) is 59.9 Å². The van der Waals surface area contributed by atoms with Crippen molar-refractivity contribution in [1.29, 1.82) is 0 Å². The molecule has 1 aliphatic rings. The lowest BCUT2D eigenvalue weighted by molar-refractivity contribution is 0.0778. The SMILES string of the molecule is C=Cc1c(NC(=O)Nc2ccc(C)nc2)cccc1[C@H](C)N1CCN(C(=O)OC)CC1. The molecule has 1 aliphatic heterocycles. The molecule has 3 amide bonds. The maximum atomic E-state index is 12.5. The van der Waals surface area contributed by atoms with Crippen molar-refractivity contribution < 1.29 is 14.3 Å². The minimum atomic E-state index is -0.342. The van der Waals surface area contributed by atoms with Crippen LogP contribution in [0.5, 0.6) is 0 Å². The number of aryl methyl sites for hydroxylation is 1. The third-order valence-electron chi connectivity index (χ3n) is 5.51. The van der Waals surface area contributed by atoms with E-state index >= 15 is 0 Å². The molecule has 2 heterocycles. The van der Waals surface area contributed by atoms with Crippen molar-refractivity contribution in [3.63, 3.8) is 0 Å². The van der Waals surface area contributed by atoms with E-state index < -0.39 is 0 Å². The first-order valence-corrected chi connectivity index (χ1v) is 10.3. The number of urea groups is 1. The summed E-state index contributed by atoms with van der Waals surface area (Å²) in [6, 6.07) is 9.23. The molecule has 2 aromatic rings. The molecule has 2 N–H and O–H groups in total. The number of aromatic nitrogens is 1. The molecule has 1 saturated heterocycles. The van der Waals surface area contributed by atoms with Gasteiger partial charge in [0.25, 0.3) is 0 Å². The smallest absolute Gasteiger partial charge is 0.409 e. The fraction of sp³-hybridized carbons (Fsp3) is 0.348. The van der Waals surface area contributed by atoms with Crippen molar-refractivity contribution in [3.8, 4) is 0 Å². The van der Waals surface area contributed by atoms with E-state index in [0.29, 0.717) is 24.5 Å². The first-order chi connectivity index (χ1) is 14.9. The number of piperazine rings is 1. The molecular weight excluding hydrogens is 394 g/mol. The van der Waals surface area contributed by atoms with Crippen LogP contribution in [0.1, 0.15) is 29.8 Å². The molecule has 0 aliphatic carbocycles. The van der Waals surface area contributed by atoms with Crippen LogP contribution in [0.25, 0.3) is 6.08 Å². The number of hydrogen-bond donors (Lipinski definition) is 2. The number of ether oxygens (including phenoxy) is 1. The Morgan fingerprint density at radius 1 is 1.16 bits per heavy atom. The van der Waals surface area contributed by atoms with Gasteiger partial charge in [0.2, 0.25) is 0 Å². The highest BCUT2D eigenvalue weighted by molar-refractivity contribution is 6.01. The summed E-state index contributed by atoms with van der Waals surface area (Å²) in [6.07, 6.45) is 3.09. The van der Waals surface area contributed by atoms with Crippen LogP contribution in [-0.4, -0.2) is 60.2 Å². The molecule has 0 radical (unpaired) electrons. The van der Waals surface area contributed by atoms with Crippen LogP contribution in [-0.2, 0) is 4.74 Å². The first-order valence-electron chi connectivity index (χ1n) is 10.3. The van der Waals surface area contributed by atoms with E-state index in [1.807, 2.05) is 37.3 Å². The average molecular weight is 424 g/mol. The number of methoxy groups -OCH3 is 1. The normalized spacial score (nSPS) is 15.1. The number of amides is 3. The molecule has 8 heteroatoms. The number of carbonyl (C=O) groups is 2. The zero-order valence-corrected chi connectivity index (χ0v) is 18.2. The number of pyridine rings is 1. The van der Waals surface area contributed by atoms with E-state index in [0.717, 1.165) is 29.9 Å². The van der Waals surface area contributed by atoms with Crippen LogP contribution in [0.15, 0.2) is 43.1 Å². The molecule has 0 spiro atoms. The fourth-order valence-corrected chi connectivity index (χ4v) is 3.73. The second-order valence-electron chi connectivity index (χ2n) is 7.45. The predicted octanol–water partition coefficient (Wildman–Crippen LogP) is 4.12. The van der Waals surface area contributed by atoms with E-state index in [-0.39, 0.29) is 18.2 Å². The Morgan fingerprint density at radius 3 is 2.52 bits per heavy atom. The minimum Gasteiger partial charge on any atom is -0.453 e. The highest BCUT2D eigenvalue weighted by atomic mass is 16.5. The summed E-state index contributed by atoms with van der Waals surface area (Å²) in [5, 5.41) is 5.71. The summed E-state index contributed by atoms with van der Waals surface area (Å²) in [5.74, 6) is 0. The number of nitrogens with one attached hydrogen (secondary N) is 2. The van der Waals surface area contributed by atoms with Gasteiger partial charge in [-0.3, -0.25) is 9.88 Å². The minimum absolute atomic E-state index is 0.0962. The van der Waals surface area contributed by atoms with Gasteiger partial charge in [-0.15, -0.1) is 0 Å². The molecule has 1 atom stereocenters. The third kappa shape index (κ3) is 5.40. The standard InChI is InChI=1S/C23H29N5O3/c1-5-19-20(17(3)27-11-13-28(14-12-27)23(30)31-4)7-6-8-21(19)26-22(29)25-18-10-9-16(2)24-15-18/h5-10,15,17H,1,11-14H2,2-4H3,(H2,25,26,29)/t17-/m0/s1. The summed E-state index contributed by atoms with van der Waals surface area (Å²) in [4.78, 5) is 32.4. The molecule has 1 aromatic carbocycles. The van der Waals surface area contributed by atoms with Gasteiger partial charge >= 0.3 is 12.1 Å². The summed E-state index contributed by atoms with van der Waals surface area (Å²) in [6.45, 7) is 10.7. The summed E-state index contributed by atoms with van der Waals surface area (Å²) < 4.78 is 4.81. The molecule has 0 unspecified atom stereocenters. The first kappa shape index (κ1) is 22.3. The van der Waals surface area contributed by atoms with Crippen molar-refractivity contribution >= 4 is 29.6 Å². The van der Waals surface area contributed by atoms with Crippen LogP contribution < -0.4 is 10.6 Å². The quantitative estimate of drug-likeness (QED) is 0.755. The Kier molecular flexibility index (Phi) is 7.25. The van der Waals surface area contributed by atoms with E-state index in [1.54, 1.807) is 17.2 Å². The highest BCUT2D eigenvalue weighted by Crippen LogP contribution is 2.30. The molecule has 8 nitrogen and oxygen atoms in total. The largest absolute Gasteiger partial charge is 0.453 e. The third-order valence-corrected chi connectivity index (χ3v) is 5.51. The average Bonchev–Trinajstić information content (AvgIpc) is 2.79. The lowest BCUT2D eigenvalue weighted by Crippen LogP contribution is -2.49. The second-order valence-corrected chi connectivity index (χ2v) is 7.45. The lowest BCUT2D eigenvalue weighted by Gasteiger charge is -2.38. The number of nitrogens with zero attached hydrogens (tertiary/aromatic N) is 3. The number of carbonyl (C=O) groups excluding carboxylic acids is 2. The van der Waals surface area contributed by atoms with Crippen LogP contribution in [0.4, 0.5) is 21.0 Å². The topological polar surface area (TPSA) is 86.8 Å². The van der Waals surface area contributed by atoms with Crippen molar-refractivity contribution in [2.45, 2.75) is 19.9 Å². The van der Waals surface area contributed by atoms with Crippen LogP contribution >= 0.6 is 0 Å². The monoisotopic (exact) mass is 423 g/mol. The Labute approximate surface area is 182 Å². The summed E-state index contributed by atoms with van der Waals surface area (Å²) >= 11 is 0. The molecule has 1 aromatic heterocycles. The van der Waals surface area contributed by atoms with Gasteiger partial charge in [-0.2, -0.15) is 0 Å². The number of benzene rings is 1. The molecule has 1 fully saturated rings. The van der Waals surface area contributed by atoms with E-state index in [9.17, 15) is 9.59 Å². The lowest BCUT2D eigenvalue weighted by atomic mass is 9.98. The van der Waals surface area contributed by atoms with E-state index in [1.165, 1.54) is 7.11 Å². The zero-order valence-electron chi connectivity index (χ0n) is 18.2. The fourth-order valence-electron chi connectivity index (χ4n) is 3.73. The Morgan fingerprint density at radius 2 is 1.90 bits per heavy atom. The predicted molar refractivity (Wildman–Crippen MR) is 122 cm³/mol. The maximum Gasteiger partial charge on any atom is 0.409 e. The van der Waals surface area contributed by atoms with Crippen LogP contribution in [0.2, 0.25) is 0 Å². The number of anilines is 2. The second kappa shape index (κ2) is 10.1. The van der Waals surface area contributed by atoms with Gasteiger partial charge in [0.15, 0.2) is 0 Å². The van der Waals surface area contributed by atoms with Gasteiger partial charge in [0, 0.05) is 49.2 Å². The van der Waals surface area contributed by atoms with Crippen LogP contribution in [0, 0.1) is 6.92 Å². The van der Waals surface area contributed by atoms with Crippen molar-refractivity contribution in [1.82, 2.24) is 14.8 Å². The summed E-state index contributed by atoms with van der Waals surface area (Å²) in [7, 11) is 1.40. The van der Waals surface area contributed by atoms with E-state index in [2.05, 4.69) is 34.0 Å². The Bertz CT molecular complexity index is 937. The maximum absolute atomic E-state index is 12.5. The zero-order chi connectivity index (χ0) is 22.4. The molecule has 0 bridgehead atoms. The van der Waals surface area contributed by atoms with Crippen molar-refractivity contribution in [2.24, 2.45) is 0 Å². The van der Waals surface area contributed by atoms with Gasteiger partial charge in [-0.1, -0.05) is 24.8 Å². The van der Waals surface area contributed by atoms with Gasteiger partial charge in [-0.05, 0) is 37.6 Å².